The van der Waals surface area contributed by atoms with Gasteiger partial charge in [-0.1, -0.05) is 23.7 Å². The van der Waals surface area contributed by atoms with Gasteiger partial charge in [0, 0.05) is 11.4 Å². The van der Waals surface area contributed by atoms with Gasteiger partial charge in [-0.2, -0.15) is 0 Å². The van der Waals surface area contributed by atoms with Crippen molar-refractivity contribution in [1.82, 2.24) is 0 Å². The molecule has 4 nitrogen and oxygen atoms in total. The minimum Gasteiger partial charge on any atom is -0.494 e. The second-order valence-corrected chi connectivity index (χ2v) is 5.12. The Morgan fingerprint density at radius 3 is 2.23 bits per heavy atom. The van der Waals surface area contributed by atoms with Crippen molar-refractivity contribution in [2.24, 2.45) is 0 Å². The van der Waals surface area contributed by atoms with E-state index in [0.29, 0.717) is 17.4 Å². The van der Waals surface area contributed by atoms with Crippen molar-refractivity contribution in [3.05, 3.63) is 59.1 Å². The number of aliphatic carboxylic acids is 1. The van der Waals surface area contributed by atoms with E-state index in [4.69, 9.17) is 21.1 Å². The van der Waals surface area contributed by atoms with Gasteiger partial charge in [0.25, 0.3) is 0 Å². The molecule has 0 aromatic heterocycles. The van der Waals surface area contributed by atoms with Crippen LogP contribution in [-0.2, 0) is 11.2 Å². The molecule has 0 bridgehead atoms. The van der Waals surface area contributed by atoms with Gasteiger partial charge in [-0.05, 0) is 48.9 Å². The number of halogens is 1. The number of benzene rings is 2. The topological polar surface area (TPSA) is 55.8 Å². The second-order valence-electron chi connectivity index (χ2n) is 4.68. The van der Waals surface area contributed by atoms with Crippen molar-refractivity contribution in [1.29, 1.82) is 0 Å². The summed E-state index contributed by atoms with van der Waals surface area (Å²) in [5, 5.41) is 9.89. The molecule has 116 valence electrons. The fraction of sp³-hybridized carbons (Fsp3) is 0.235. The Labute approximate surface area is 134 Å². The van der Waals surface area contributed by atoms with Gasteiger partial charge in [0.05, 0.1) is 6.61 Å². The molecule has 0 spiro atoms. The third kappa shape index (κ3) is 4.67. The molecule has 0 saturated heterocycles. The number of hydrogen-bond acceptors (Lipinski definition) is 3. The van der Waals surface area contributed by atoms with E-state index in [1.165, 1.54) is 0 Å². The molecular weight excluding hydrogens is 304 g/mol. The predicted octanol–water partition coefficient (Wildman–Crippen LogP) is 3.81. The average Bonchev–Trinajstić information content (AvgIpc) is 2.51. The maximum absolute atomic E-state index is 11.4. The van der Waals surface area contributed by atoms with Gasteiger partial charge in [0.2, 0.25) is 0 Å². The highest BCUT2D eigenvalue weighted by molar-refractivity contribution is 6.30. The molecule has 2 rings (SSSR count). The fourth-order valence-corrected chi connectivity index (χ4v) is 2.09. The first kappa shape index (κ1) is 16.2. The van der Waals surface area contributed by atoms with E-state index in [1.807, 2.05) is 31.2 Å². The SMILES string of the molecule is CCOc1ccc(C[C@@H](Oc2ccc(Cl)cc2)C(=O)O)cc1. The summed E-state index contributed by atoms with van der Waals surface area (Å²) in [6, 6.07) is 13.9. The number of ether oxygens (including phenoxy) is 2. The van der Waals surface area contributed by atoms with E-state index < -0.39 is 12.1 Å². The first-order valence-corrected chi connectivity index (χ1v) is 7.33. The predicted molar refractivity (Wildman–Crippen MR) is 84.8 cm³/mol. The molecule has 0 amide bonds. The second kappa shape index (κ2) is 7.71. The summed E-state index contributed by atoms with van der Waals surface area (Å²) >= 11 is 5.80. The largest absolute Gasteiger partial charge is 0.494 e. The van der Waals surface area contributed by atoms with Crippen LogP contribution in [0.2, 0.25) is 5.02 Å². The van der Waals surface area contributed by atoms with Crippen LogP contribution in [0.15, 0.2) is 48.5 Å². The number of carboxylic acid groups (broad SMARTS) is 1. The Morgan fingerprint density at radius 1 is 1.09 bits per heavy atom. The van der Waals surface area contributed by atoms with Gasteiger partial charge >= 0.3 is 5.97 Å². The monoisotopic (exact) mass is 320 g/mol. The minimum atomic E-state index is -1.01. The third-order valence-electron chi connectivity index (χ3n) is 3.02. The van der Waals surface area contributed by atoms with E-state index in [-0.39, 0.29) is 6.42 Å². The first-order chi connectivity index (χ1) is 10.6. The summed E-state index contributed by atoms with van der Waals surface area (Å²) in [5.74, 6) is 0.225. The van der Waals surface area contributed by atoms with Crippen LogP contribution in [-0.4, -0.2) is 23.8 Å². The lowest BCUT2D eigenvalue weighted by Crippen LogP contribution is -2.29. The molecule has 0 radical (unpaired) electrons. The van der Waals surface area contributed by atoms with Crippen LogP contribution in [0.25, 0.3) is 0 Å². The normalized spacial score (nSPS) is 11.7. The van der Waals surface area contributed by atoms with Crippen molar-refractivity contribution in [2.45, 2.75) is 19.4 Å². The summed E-state index contributed by atoms with van der Waals surface area (Å²) in [6.07, 6.45) is -0.691. The molecular formula is C17H17ClO4. The van der Waals surface area contributed by atoms with E-state index in [9.17, 15) is 9.90 Å². The molecule has 2 aromatic rings. The highest BCUT2D eigenvalue weighted by Crippen LogP contribution is 2.19. The number of carbonyl (C=O) groups is 1. The van der Waals surface area contributed by atoms with Gasteiger partial charge in [0.15, 0.2) is 6.10 Å². The van der Waals surface area contributed by atoms with Gasteiger partial charge in [-0.15, -0.1) is 0 Å². The van der Waals surface area contributed by atoms with Crippen LogP contribution in [0.4, 0.5) is 0 Å². The lowest BCUT2D eigenvalue weighted by Gasteiger charge is -2.15. The van der Waals surface area contributed by atoms with Crippen molar-refractivity contribution in [3.8, 4) is 11.5 Å². The highest BCUT2D eigenvalue weighted by Gasteiger charge is 2.20. The Balaban J connectivity index is 2.05. The Kier molecular flexibility index (Phi) is 5.67. The molecule has 5 heteroatoms. The molecule has 0 unspecified atom stereocenters. The zero-order chi connectivity index (χ0) is 15.9. The molecule has 22 heavy (non-hydrogen) atoms. The lowest BCUT2D eigenvalue weighted by molar-refractivity contribution is -0.145. The van der Waals surface area contributed by atoms with E-state index in [1.54, 1.807) is 24.3 Å². The van der Waals surface area contributed by atoms with Gasteiger partial charge in [0.1, 0.15) is 11.5 Å². The average molecular weight is 321 g/mol. The van der Waals surface area contributed by atoms with Crippen LogP contribution in [0.1, 0.15) is 12.5 Å². The molecule has 2 aromatic carbocycles. The van der Waals surface area contributed by atoms with E-state index in [2.05, 4.69) is 0 Å². The smallest absolute Gasteiger partial charge is 0.345 e. The fourth-order valence-electron chi connectivity index (χ4n) is 1.96. The molecule has 0 aliphatic heterocycles. The zero-order valence-electron chi connectivity index (χ0n) is 12.2. The van der Waals surface area contributed by atoms with Gasteiger partial charge < -0.3 is 14.6 Å². The summed E-state index contributed by atoms with van der Waals surface area (Å²) in [4.78, 5) is 11.4. The Hall–Kier alpha value is -2.20. The minimum absolute atomic E-state index is 0.268. The molecule has 0 saturated carbocycles. The molecule has 0 fully saturated rings. The van der Waals surface area contributed by atoms with Crippen LogP contribution in [0, 0.1) is 0 Å². The highest BCUT2D eigenvalue weighted by atomic mass is 35.5. The summed E-state index contributed by atoms with van der Waals surface area (Å²) in [7, 11) is 0. The molecule has 0 heterocycles. The summed E-state index contributed by atoms with van der Waals surface area (Å²) in [6.45, 7) is 2.51. The lowest BCUT2D eigenvalue weighted by atomic mass is 10.1. The van der Waals surface area contributed by atoms with Crippen molar-refractivity contribution in [2.75, 3.05) is 6.61 Å². The Morgan fingerprint density at radius 2 is 1.68 bits per heavy atom. The third-order valence-corrected chi connectivity index (χ3v) is 3.27. The quantitative estimate of drug-likeness (QED) is 0.842. The maximum atomic E-state index is 11.4. The molecule has 0 aliphatic carbocycles. The number of rotatable bonds is 7. The standard InChI is InChI=1S/C17H17ClO4/c1-2-21-14-7-3-12(4-8-14)11-16(17(19)20)22-15-9-5-13(18)6-10-15/h3-10,16H,2,11H2,1H3,(H,19,20)/t16-/m1/s1. The summed E-state index contributed by atoms with van der Waals surface area (Å²) < 4.78 is 10.9. The number of carboxylic acids is 1. The van der Waals surface area contributed by atoms with Crippen molar-refractivity contribution in [3.63, 3.8) is 0 Å². The molecule has 1 N–H and O–H groups in total. The maximum Gasteiger partial charge on any atom is 0.345 e. The van der Waals surface area contributed by atoms with Gasteiger partial charge in [-0.3, -0.25) is 0 Å². The van der Waals surface area contributed by atoms with Crippen molar-refractivity contribution >= 4 is 17.6 Å². The van der Waals surface area contributed by atoms with E-state index in [0.717, 1.165) is 11.3 Å². The summed E-state index contributed by atoms with van der Waals surface area (Å²) in [5.41, 5.74) is 0.866. The van der Waals surface area contributed by atoms with Crippen LogP contribution in [0.5, 0.6) is 11.5 Å². The molecule has 0 aliphatic rings. The zero-order valence-corrected chi connectivity index (χ0v) is 12.9. The van der Waals surface area contributed by atoms with Crippen LogP contribution in [0.3, 0.4) is 0 Å². The number of hydrogen-bond donors (Lipinski definition) is 1. The van der Waals surface area contributed by atoms with Crippen molar-refractivity contribution < 1.29 is 19.4 Å². The molecule has 1 atom stereocenters. The first-order valence-electron chi connectivity index (χ1n) is 6.95. The Bertz CT molecular complexity index is 608. The van der Waals surface area contributed by atoms with Gasteiger partial charge in [-0.25, -0.2) is 4.79 Å². The van der Waals surface area contributed by atoms with Crippen LogP contribution >= 0.6 is 11.6 Å². The van der Waals surface area contributed by atoms with E-state index >= 15 is 0 Å². The van der Waals surface area contributed by atoms with Crippen LogP contribution < -0.4 is 9.47 Å².